The van der Waals surface area contributed by atoms with E-state index in [-0.39, 0.29) is 17.5 Å². The van der Waals surface area contributed by atoms with E-state index in [1.165, 1.54) is 19.3 Å². The van der Waals surface area contributed by atoms with Gasteiger partial charge in [0.15, 0.2) is 0 Å². The normalized spacial score (nSPS) is 20.1. The molecule has 164 valence electrons. The number of rotatable bonds is 6. The molecule has 2 saturated heterocycles. The highest BCUT2D eigenvalue weighted by Crippen LogP contribution is 2.20. The third kappa shape index (κ3) is 5.82. The van der Waals surface area contributed by atoms with Crippen molar-refractivity contribution in [1.82, 2.24) is 19.8 Å². The van der Waals surface area contributed by atoms with Crippen LogP contribution in [0.25, 0.3) is 11.1 Å². The number of anilines is 1. The molecule has 2 N–H and O–H groups in total. The molecule has 0 saturated carbocycles. The lowest BCUT2D eigenvalue weighted by atomic mass is 10.0. The van der Waals surface area contributed by atoms with Crippen LogP contribution in [0.3, 0.4) is 0 Å². The highest BCUT2D eigenvalue weighted by atomic mass is 16.2. The van der Waals surface area contributed by atoms with E-state index in [0.29, 0.717) is 12.2 Å². The average Bonchev–Trinajstić information content (AvgIpc) is 2.82. The molecule has 2 aromatic heterocycles. The molecule has 31 heavy (non-hydrogen) atoms. The van der Waals surface area contributed by atoms with Gasteiger partial charge in [0, 0.05) is 55.9 Å². The molecular weight excluding hydrogens is 390 g/mol. The molecule has 7 heteroatoms. The summed E-state index contributed by atoms with van der Waals surface area (Å²) in [5.74, 6) is 0.0583. The topological polar surface area (TPSA) is 81.3 Å². The van der Waals surface area contributed by atoms with Crippen LogP contribution in [0.5, 0.6) is 0 Å². The van der Waals surface area contributed by atoms with Gasteiger partial charge in [-0.1, -0.05) is 12.5 Å². The number of H-pyrrole nitrogens is 1. The number of carbonyl (C=O) groups is 1. The summed E-state index contributed by atoms with van der Waals surface area (Å²) in [4.78, 5) is 36.2. The van der Waals surface area contributed by atoms with E-state index in [4.69, 9.17) is 0 Å². The van der Waals surface area contributed by atoms with Crippen LogP contribution in [0, 0.1) is 0 Å². The number of aromatic nitrogens is 2. The number of carbonyl (C=O) groups excluding carboxylic acids is 1. The Bertz CT molecular complexity index is 950. The van der Waals surface area contributed by atoms with Crippen LogP contribution in [0.4, 0.5) is 5.69 Å². The molecule has 4 heterocycles. The van der Waals surface area contributed by atoms with Crippen molar-refractivity contribution in [3.05, 3.63) is 59.3 Å². The number of likely N-dealkylation sites (tertiary alicyclic amines) is 2. The second-order valence-electron chi connectivity index (χ2n) is 8.40. The molecule has 2 aliphatic rings. The fourth-order valence-electron chi connectivity index (χ4n) is 4.37. The van der Waals surface area contributed by atoms with Gasteiger partial charge in [-0.25, -0.2) is 0 Å². The predicted molar refractivity (Wildman–Crippen MR) is 123 cm³/mol. The molecular formula is C24H31N5O2. The average molecular weight is 422 g/mol. The van der Waals surface area contributed by atoms with Crippen molar-refractivity contribution in [1.29, 1.82) is 0 Å². The second-order valence-corrected chi connectivity index (χ2v) is 8.40. The van der Waals surface area contributed by atoms with Gasteiger partial charge >= 0.3 is 0 Å². The Morgan fingerprint density at radius 3 is 2.74 bits per heavy atom. The number of nitrogens with one attached hydrogen (secondary N) is 2. The first kappa shape index (κ1) is 21.3. The van der Waals surface area contributed by atoms with Gasteiger partial charge in [-0.2, -0.15) is 0 Å². The van der Waals surface area contributed by atoms with Crippen molar-refractivity contribution in [2.75, 3.05) is 38.0 Å². The predicted octanol–water partition coefficient (Wildman–Crippen LogP) is 2.88. The summed E-state index contributed by atoms with van der Waals surface area (Å²) in [6, 6.07) is 5.75. The lowest BCUT2D eigenvalue weighted by Gasteiger charge is -2.33. The van der Waals surface area contributed by atoms with Crippen molar-refractivity contribution in [2.45, 2.75) is 38.1 Å². The summed E-state index contributed by atoms with van der Waals surface area (Å²) >= 11 is 0. The maximum Gasteiger partial charge on any atom is 0.271 e. The fraction of sp³-hybridized carbons (Fsp3) is 0.458. The van der Waals surface area contributed by atoms with Crippen LogP contribution in [0.15, 0.2) is 53.7 Å². The second kappa shape index (κ2) is 10.4. The molecule has 2 aromatic rings. The van der Waals surface area contributed by atoms with Gasteiger partial charge in [0.1, 0.15) is 5.69 Å². The Morgan fingerprint density at radius 2 is 1.94 bits per heavy atom. The molecule has 0 aliphatic carbocycles. The number of pyridine rings is 2. The standard InChI is InChI=1S/C24H31N5O2/c30-23(7-5-14-28-12-2-1-3-13-28)29-15-4-6-21(18-29)27-22-16-20(17-26-24(22)31)19-8-10-25-11-9-19/h5,7-11,16-17,21,27H,1-4,6,12-15,18H2,(H,26,31)/b7-5+/t21-/m1/s1. The Labute approximate surface area is 183 Å². The first-order valence-electron chi connectivity index (χ1n) is 11.3. The van der Waals surface area contributed by atoms with Crippen molar-refractivity contribution < 1.29 is 4.79 Å². The van der Waals surface area contributed by atoms with E-state index < -0.39 is 0 Å². The Balaban J connectivity index is 1.35. The van der Waals surface area contributed by atoms with E-state index in [1.807, 2.05) is 29.2 Å². The highest BCUT2D eigenvalue weighted by Gasteiger charge is 2.23. The Kier molecular flexibility index (Phi) is 7.14. The molecule has 0 spiro atoms. The number of aromatic amines is 1. The maximum atomic E-state index is 12.7. The molecule has 2 aliphatic heterocycles. The van der Waals surface area contributed by atoms with E-state index >= 15 is 0 Å². The summed E-state index contributed by atoms with van der Waals surface area (Å²) in [6.07, 6.45) is 14.6. The van der Waals surface area contributed by atoms with Gasteiger partial charge in [0.2, 0.25) is 5.91 Å². The van der Waals surface area contributed by atoms with E-state index in [1.54, 1.807) is 24.7 Å². The molecule has 0 radical (unpaired) electrons. The molecule has 1 amide bonds. The third-order valence-electron chi connectivity index (χ3n) is 6.08. The van der Waals surface area contributed by atoms with Gasteiger partial charge in [-0.3, -0.25) is 19.5 Å². The minimum Gasteiger partial charge on any atom is -0.376 e. The molecule has 0 aromatic carbocycles. The molecule has 0 bridgehead atoms. The SMILES string of the molecule is O=C(/C=C/CN1CCCCC1)N1CCC[C@@H](Nc2cc(-c3ccncc3)c[nH]c2=O)C1. The van der Waals surface area contributed by atoms with Crippen molar-refractivity contribution in [3.8, 4) is 11.1 Å². The molecule has 4 rings (SSSR count). The van der Waals surface area contributed by atoms with Crippen LogP contribution in [0.1, 0.15) is 32.1 Å². The summed E-state index contributed by atoms with van der Waals surface area (Å²) in [6.45, 7) is 4.46. The lowest BCUT2D eigenvalue weighted by Crippen LogP contribution is -2.45. The third-order valence-corrected chi connectivity index (χ3v) is 6.08. The van der Waals surface area contributed by atoms with Gasteiger partial charge in [0.05, 0.1) is 0 Å². The van der Waals surface area contributed by atoms with Gasteiger partial charge in [-0.15, -0.1) is 0 Å². The van der Waals surface area contributed by atoms with E-state index in [2.05, 4.69) is 20.2 Å². The number of nitrogens with zero attached hydrogens (tertiary/aromatic N) is 3. The van der Waals surface area contributed by atoms with Gasteiger partial charge < -0.3 is 15.2 Å². The maximum absolute atomic E-state index is 12.7. The number of amides is 1. The Morgan fingerprint density at radius 1 is 1.13 bits per heavy atom. The zero-order chi connectivity index (χ0) is 21.5. The Hall–Kier alpha value is -2.93. The zero-order valence-electron chi connectivity index (χ0n) is 17.9. The van der Waals surface area contributed by atoms with Crippen LogP contribution >= 0.6 is 0 Å². The summed E-state index contributed by atoms with van der Waals surface area (Å²) < 4.78 is 0. The summed E-state index contributed by atoms with van der Waals surface area (Å²) in [5.41, 5.74) is 2.31. The minimum absolute atomic E-state index is 0.0574. The van der Waals surface area contributed by atoms with Crippen LogP contribution < -0.4 is 10.9 Å². The highest BCUT2D eigenvalue weighted by molar-refractivity contribution is 5.87. The molecule has 2 fully saturated rings. The van der Waals surface area contributed by atoms with Crippen molar-refractivity contribution in [3.63, 3.8) is 0 Å². The van der Waals surface area contributed by atoms with Crippen LogP contribution in [-0.4, -0.2) is 64.4 Å². The molecule has 0 unspecified atom stereocenters. The monoisotopic (exact) mass is 421 g/mol. The number of hydrogen-bond donors (Lipinski definition) is 2. The van der Waals surface area contributed by atoms with Gasteiger partial charge in [0.25, 0.3) is 5.56 Å². The summed E-state index contributed by atoms with van der Waals surface area (Å²) in [5, 5.41) is 3.37. The minimum atomic E-state index is -0.150. The van der Waals surface area contributed by atoms with Crippen LogP contribution in [0.2, 0.25) is 0 Å². The van der Waals surface area contributed by atoms with E-state index in [9.17, 15) is 9.59 Å². The molecule has 1 atom stereocenters. The van der Waals surface area contributed by atoms with Gasteiger partial charge in [-0.05, 0) is 62.5 Å². The first-order valence-corrected chi connectivity index (χ1v) is 11.3. The smallest absolute Gasteiger partial charge is 0.271 e. The number of hydrogen-bond acceptors (Lipinski definition) is 5. The quantitative estimate of drug-likeness (QED) is 0.701. The largest absolute Gasteiger partial charge is 0.376 e. The lowest BCUT2D eigenvalue weighted by molar-refractivity contribution is -0.127. The first-order chi connectivity index (χ1) is 15.2. The van der Waals surface area contributed by atoms with E-state index in [0.717, 1.165) is 50.1 Å². The summed E-state index contributed by atoms with van der Waals surface area (Å²) in [7, 11) is 0. The fourth-order valence-corrected chi connectivity index (χ4v) is 4.37. The zero-order valence-corrected chi connectivity index (χ0v) is 17.9. The van der Waals surface area contributed by atoms with Crippen LogP contribution in [-0.2, 0) is 4.79 Å². The number of piperidine rings is 2. The van der Waals surface area contributed by atoms with Crippen molar-refractivity contribution in [2.24, 2.45) is 0 Å². The molecule has 7 nitrogen and oxygen atoms in total. The van der Waals surface area contributed by atoms with Crippen molar-refractivity contribution >= 4 is 11.6 Å².